The van der Waals surface area contributed by atoms with Gasteiger partial charge in [0.25, 0.3) is 0 Å². The van der Waals surface area contributed by atoms with Crippen LogP contribution >= 0.6 is 11.3 Å². The van der Waals surface area contributed by atoms with Crippen molar-refractivity contribution >= 4 is 38.7 Å². The van der Waals surface area contributed by atoms with Gasteiger partial charge in [-0.3, -0.25) is 4.79 Å². The van der Waals surface area contributed by atoms with Gasteiger partial charge < -0.3 is 10.4 Å². The summed E-state index contributed by atoms with van der Waals surface area (Å²) in [4.78, 5) is 28.7. The van der Waals surface area contributed by atoms with Crippen molar-refractivity contribution in [3.05, 3.63) is 35.0 Å². The molecule has 0 radical (unpaired) electrons. The number of aromatic nitrogens is 3. The minimum absolute atomic E-state index is 0.0101. The van der Waals surface area contributed by atoms with Gasteiger partial charge in [-0.1, -0.05) is 36.7 Å². The maximum Gasteiger partial charge on any atom is 0.358 e. The zero-order chi connectivity index (χ0) is 19.8. The molecule has 1 aliphatic rings. The number of aromatic carboxylic acids is 1. The number of anilines is 1. The summed E-state index contributed by atoms with van der Waals surface area (Å²) in [5, 5.41) is 17.1. The molecular weight excluding hydrogens is 376 g/mol. The van der Waals surface area contributed by atoms with E-state index < -0.39 is 5.97 Å². The van der Waals surface area contributed by atoms with Crippen LogP contribution in [0.25, 0.3) is 16.0 Å². The molecule has 0 unspecified atom stereocenters. The van der Waals surface area contributed by atoms with E-state index in [-0.39, 0.29) is 17.5 Å². The highest BCUT2D eigenvalue weighted by atomic mass is 32.1. The topological polar surface area (TPSA) is 97.1 Å². The molecule has 0 aliphatic heterocycles. The molecule has 1 aromatic carbocycles. The van der Waals surface area contributed by atoms with Crippen molar-refractivity contribution in [2.24, 2.45) is 5.92 Å². The lowest BCUT2D eigenvalue weighted by Crippen LogP contribution is -2.24. The summed E-state index contributed by atoms with van der Waals surface area (Å²) >= 11 is 1.16. The van der Waals surface area contributed by atoms with Gasteiger partial charge in [-0.2, -0.15) is 10.1 Å². The van der Waals surface area contributed by atoms with Gasteiger partial charge >= 0.3 is 5.97 Å². The molecule has 2 N–H and O–H groups in total. The van der Waals surface area contributed by atoms with Crippen molar-refractivity contribution in [1.82, 2.24) is 14.8 Å². The van der Waals surface area contributed by atoms with E-state index in [4.69, 9.17) is 0 Å². The number of nitrogens with one attached hydrogen (secondary N) is 1. The predicted octanol–water partition coefficient (Wildman–Crippen LogP) is 4.32. The number of carboxylic acid groups (broad SMARTS) is 1. The molecule has 0 spiro atoms. The van der Waals surface area contributed by atoms with Gasteiger partial charge in [-0.25, -0.2) is 9.48 Å². The Morgan fingerprint density at radius 1 is 1.18 bits per heavy atom. The molecule has 8 heteroatoms. The number of carbonyl (C=O) groups is 2. The van der Waals surface area contributed by atoms with E-state index in [2.05, 4.69) is 15.4 Å². The second-order valence-electron chi connectivity index (χ2n) is 7.33. The van der Waals surface area contributed by atoms with Crippen molar-refractivity contribution in [2.75, 3.05) is 5.32 Å². The van der Waals surface area contributed by atoms with Crippen molar-refractivity contribution in [3.8, 4) is 5.69 Å². The van der Waals surface area contributed by atoms with Crippen LogP contribution < -0.4 is 5.32 Å². The zero-order valence-electron chi connectivity index (χ0n) is 15.9. The third-order valence-corrected chi connectivity index (χ3v) is 6.34. The Morgan fingerprint density at radius 3 is 2.61 bits per heavy atom. The van der Waals surface area contributed by atoms with Crippen LogP contribution in [-0.2, 0) is 4.79 Å². The quantitative estimate of drug-likeness (QED) is 0.682. The van der Waals surface area contributed by atoms with Gasteiger partial charge in [0.15, 0.2) is 16.5 Å². The first-order valence-corrected chi connectivity index (χ1v) is 10.3. The fourth-order valence-corrected chi connectivity index (χ4v) is 4.53. The van der Waals surface area contributed by atoms with E-state index in [1.807, 2.05) is 32.0 Å². The van der Waals surface area contributed by atoms with Gasteiger partial charge in [0, 0.05) is 5.92 Å². The van der Waals surface area contributed by atoms with Crippen molar-refractivity contribution in [2.45, 2.75) is 46.0 Å². The highest BCUT2D eigenvalue weighted by Crippen LogP contribution is 2.32. The number of benzene rings is 1. The molecule has 0 bridgehead atoms. The highest BCUT2D eigenvalue weighted by molar-refractivity contribution is 7.22. The first kappa shape index (κ1) is 18.6. The van der Waals surface area contributed by atoms with Gasteiger partial charge in [-0.05, 0) is 49.9 Å². The maximum absolute atomic E-state index is 12.5. The fourth-order valence-electron chi connectivity index (χ4n) is 3.61. The molecule has 28 heavy (non-hydrogen) atoms. The molecule has 1 saturated carbocycles. The van der Waals surface area contributed by atoms with Crippen molar-refractivity contribution < 1.29 is 14.7 Å². The molecule has 7 nitrogen and oxygen atoms in total. The second-order valence-corrected chi connectivity index (χ2v) is 8.33. The van der Waals surface area contributed by atoms with Gasteiger partial charge in [-0.15, -0.1) is 0 Å². The SMILES string of the molecule is Cc1ccc(-n2nc(C(=O)O)c3sc(NC(=O)C4CCCCC4)nc32)cc1C. The van der Waals surface area contributed by atoms with E-state index in [9.17, 15) is 14.7 Å². The average Bonchev–Trinajstić information content (AvgIpc) is 3.23. The molecule has 1 amide bonds. The molecule has 3 aromatic rings. The second kappa shape index (κ2) is 7.35. The zero-order valence-corrected chi connectivity index (χ0v) is 16.7. The number of carbonyl (C=O) groups excluding carboxylic acids is 1. The third kappa shape index (κ3) is 3.40. The van der Waals surface area contributed by atoms with Crippen LogP contribution in [0.2, 0.25) is 0 Å². The Kier molecular flexibility index (Phi) is 4.89. The number of fused-ring (bicyclic) bond motifs is 1. The summed E-state index contributed by atoms with van der Waals surface area (Å²) in [6.45, 7) is 4.01. The van der Waals surface area contributed by atoms with Crippen LogP contribution in [0.4, 0.5) is 5.13 Å². The van der Waals surface area contributed by atoms with Crippen LogP contribution in [0.15, 0.2) is 18.2 Å². The van der Waals surface area contributed by atoms with E-state index in [1.165, 1.54) is 11.1 Å². The number of carboxylic acids is 1. The third-order valence-electron chi connectivity index (χ3n) is 5.37. The van der Waals surface area contributed by atoms with Crippen LogP contribution in [0.3, 0.4) is 0 Å². The number of hydrogen-bond acceptors (Lipinski definition) is 5. The monoisotopic (exact) mass is 398 g/mol. The largest absolute Gasteiger partial charge is 0.476 e. The van der Waals surface area contributed by atoms with Crippen LogP contribution in [0, 0.1) is 19.8 Å². The predicted molar refractivity (Wildman–Crippen MR) is 108 cm³/mol. The molecule has 4 rings (SSSR count). The minimum atomic E-state index is -1.11. The minimum Gasteiger partial charge on any atom is -0.476 e. The normalized spacial score (nSPS) is 15.1. The summed E-state index contributed by atoms with van der Waals surface area (Å²) in [5.41, 5.74) is 3.37. The van der Waals surface area contributed by atoms with Gasteiger partial charge in [0.1, 0.15) is 4.70 Å². The standard InChI is InChI=1S/C20H22N4O3S/c1-11-8-9-14(10-12(11)2)24-17-16(15(23-24)19(26)27)28-20(21-17)22-18(25)13-6-4-3-5-7-13/h8-10,13H,3-7H2,1-2H3,(H,26,27)(H,21,22,25). The Hall–Kier alpha value is -2.74. The van der Waals surface area contributed by atoms with E-state index in [1.54, 1.807) is 0 Å². The summed E-state index contributed by atoms with van der Waals surface area (Å²) in [5.74, 6) is -1.13. The summed E-state index contributed by atoms with van der Waals surface area (Å²) in [6, 6.07) is 5.81. The average molecular weight is 398 g/mol. The van der Waals surface area contributed by atoms with Crippen LogP contribution in [-0.4, -0.2) is 31.7 Å². The van der Waals surface area contributed by atoms with Gasteiger partial charge in [0.05, 0.1) is 5.69 Å². The molecule has 0 atom stereocenters. The maximum atomic E-state index is 12.5. The Balaban J connectivity index is 1.72. The van der Waals surface area contributed by atoms with E-state index in [0.717, 1.165) is 53.8 Å². The lowest BCUT2D eigenvalue weighted by molar-refractivity contribution is -0.120. The molecular formula is C20H22N4O3S. The Labute approximate surface area is 166 Å². The molecule has 1 fully saturated rings. The van der Waals surface area contributed by atoms with Gasteiger partial charge in [0.2, 0.25) is 5.91 Å². The highest BCUT2D eigenvalue weighted by Gasteiger charge is 2.25. The molecule has 1 aliphatic carbocycles. The van der Waals surface area contributed by atoms with Crippen molar-refractivity contribution in [1.29, 1.82) is 0 Å². The number of hydrogen-bond donors (Lipinski definition) is 2. The summed E-state index contributed by atoms with van der Waals surface area (Å²) in [6.07, 6.45) is 5.12. The number of amides is 1. The molecule has 2 heterocycles. The first-order valence-electron chi connectivity index (χ1n) is 9.45. The number of nitrogens with zero attached hydrogens (tertiary/aromatic N) is 3. The lowest BCUT2D eigenvalue weighted by Gasteiger charge is -2.19. The Bertz CT molecular complexity index is 1060. The van der Waals surface area contributed by atoms with Crippen LogP contribution in [0.5, 0.6) is 0 Å². The molecule has 146 valence electrons. The molecule has 2 aromatic heterocycles. The number of thiazole rings is 1. The van der Waals surface area contributed by atoms with Crippen LogP contribution in [0.1, 0.15) is 53.7 Å². The lowest BCUT2D eigenvalue weighted by atomic mass is 9.89. The number of aryl methyl sites for hydroxylation is 2. The smallest absolute Gasteiger partial charge is 0.358 e. The van der Waals surface area contributed by atoms with Crippen molar-refractivity contribution in [3.63, 3.8) is 0 Å². The Morgan fingerprint density at radius 2 is 1.93 bits per heavy atom. The summed E-state index contributed by atoms with van der Waals surface area (Å²) in [7, 11) is 0. The number of rotatable bonds is 4. The molecule has 0 saturated heterocycles. The fraction of sp³-hybridized carbons (Fsp3) is 0.400. The first-order chi connectivity index (χ1) is 13.4. The van der Waals surface area contributed by atoms with E-state index >= 15 is 0 Å². The summed E-state index contributed by atoms with van der Waals surface area (Å²) < 4.78 is 2.00. The van der Waals surface area contributed by atoms with E-state index in [0.29, 0.717) is 15.5 Å².